The molecule has 2 aliphatic heterocycles. The molecule has 0 saturated carbocycles. The van der Waals surface area contributed by atoms with Gasteiger partial charge in [-0.25, -0.2) is 4.98 Å². The number of rotatable bonds is 1. The first kappa shape index (κ1) is 10.9. The number of H-pyrrole nitrogens is 1. The molecule has 3 heterocycles. The molecule has 1 fully saturated rings. The average Bonchev–Trinajstić information content (AvgIpc) is 2.83. The van der Waals surface area contributed by atoms with E-state index in [2.05, 4.69) is 22.2 Å². The predicted octanol–water partition coefficient (Wildman–Crippen LogP) is 0.308. The highest BCUT2D eigenvalue weighted by Gasteiger charge is 2.24. The molecule has 0 radical (unpaired) electrons. The lowest BCUT2D eigenvalue weighted by molar-refractivity contribution is 0.193. The van der Waals surface area contributed by atoms with Gasteiger partial charge in [-0.1, -0.05) is 0 Å². The SMILES string of the molecule is CC1Cc2c(nc(C3CCOC3)[nH]c2=O)CN1. The third-order valence-electron chi connectivity index (χ3n) is 3.56. The molecule has 2 atom stereocenters. The summed E-state index contributed by atoms with van der Waals surface area (Å²) in [5.74, 6) is 1.05. The van der Waals surface area contributed by atoms with E-state index >= 15 is 0 Å². The Bertz CT molecular complexity index is 477. The molecule has 2 aliphatic rings. The molecule has 2 N–H and O–H groups in total. The summed E-state index contributed by atoms with van der Waals surface area (Å²) < 4.78 is 5.33. The van der Waals surface area contributed by atoms with E-state index in [0.717, 1.165) is 36.5 Å². The number of nitrogens with one attached hydrogen (secondary N) is 2. The lowest BCUT2D eigenvalue weighted by Gasteiger charge is -2.22. The van der Waals surface area contributed by atoms with Crippen molar-refractivity contribution in [3.8, 4) is 0 Å². The van der Waals surface area contributed by atoms with Gasteiger partial charge in [-0.3, -0.25) is 4.79 Å². The van der Waals surface area contributed by atoms with Crippen LogP contribution in [0.15, 0.2) is 4.79 Å². The molecule has 3 rings (SSSR count). The molecular weight excluding hydrogens is 218 g/mol. The van der Waals surface area contributed by atoms with Crippen LogP contribution in [0.2, 0.25) is 0 Å². The van der Waals surface area contributed by atoms with Crippen molar-refractivity contribution >= 4 is 0 Å². The Morgan fingerprint density at radius 3 is 3.12 bits per heavy atom. The molecule has 0 amide bonds. The van der Waals surface area contributed by atoms with Crippen LogP contribution in [0.1, 0.15) is 36.3 Å². The molecule has 0 aromatic carbocycles. The van der Waals surface area contributed by atoms with Crippen LogP contribution in [0.5, 0.6) is 0 Å². The molecule has 17 heavy (non-hydrogen) atoms. The zero-order valence-electron chi connectivity index (χ0n) is 9.95. The number of fused-ring (bicyclic) bond motifs is 1. The summed E-state index contributed by atoms with van der Waals surface area (Å²) in [6, 6.07) is 0.353. The van der Waals surface area contributed by atoms with Crippen LogP contribution in [0.4, 0.5) is 0 Å². The summed E-state index contributed by atoms with van der Waals surface area (Å²) >= 11 is 0. The molecule has 0 aliphatic carbocycles. The van der Waals surface area contributed by atoms with Gasteiger partial charge in [0.1, 0.15) is 5.82 Å². The highest BCUT2D eigenvalue weighted by atomic mass is 16.5. The minimum Gasteiger partial charge on any atom is -0.381 e. The van der Waals surface area contributed by atoms with Gasteiger partial charge >= 0.3 is 0 Å². The fourth-order valence-electron chi connectivity index (χ4n) is 2.51. The Morgan fingerprint density at radius 1 is 1.47 bits per heavy atom. The molecule has 92 valence electrons. The minimum atomic E-state index is 0.0326. The number of ether oxygens (including phenoxy) is 1. The Labute approximate surface area is 99.6 Å². The first-order valence-electron chi connectivity index (χ1n) is 6.17. The molecule has 1 aromatic rings. The van der Waals surface area contributed by atoms with Crippen LogP contribution in [0.25, 0.3) is 0 Å². The van der Waals surface area contributed by atoms with E-state index in [9.17, 15) is 4.79 Å². The van der Waals surface area contributed by atoms with Gasteiger partial charge in [0.15, 0.2) is 0 Å². The van der Waals surface area contributed by atoms with Crippen LogP contribution in [-0.4, -0.2) is 29.2 Å². The first-order valence-corrected chi connectivity index (χ1v) is 6.17. The quantitative estimate of drug-likeness (QED) is 0.735. The van der Waals surface area contributed by atoms with E-state index in [1.807, 2.05) is 0 Å². The van der Waals surface area contributed by atoms with E-state index in [0.29, 0.717) is 19.2 Å². The van der Waals surface area contributed by atoms with Gasteiger partial charge in [-0.2, -0.15) is 0 Å². The highest BCUT2D eigenvalue weighted by molar-refractivity contribution is 5.22. The fraction of sp³-hybridized carbons (Fsp3) is 0.667. The van der Waals surface area contributed by atoms with E-state index in [1.165, 1.54) is 0 Å². The summed E-state index contributed by atoms with van der Waals surface area (Å²) in [6.07, 6.45) is 1.71. The van der Waals surface area contributed by atoms with Gasteiger partial charge in [0.25, 0.3) is 5.56 Å². The van der Waals surface area contributed by atoms with Gasteiger partial charge < -0.3 is 15.0 Å². The van der Waals surface area contributed by atoms with E-state index in [4.69, 9.17) is 4.74 Å². The molecular formula is C12H17N3O2. The zero-order valence-corrected chi connectivity index (χ0v) is 9.95. The number of aromatic nitrogens is 2. The van der Waals surface area contributed by atoms with Gasteiger partial charge in [0.2, 0.25) is 0 Å². The van der Waals surface area contributed by atoms with Crippen molar-refractivity contribution < 1.29 is 4.74 Å². The maximum atomic E-state index is 12.0. The Balaban J connectivity index is 1.98. The summed E-state index contributed by atoms with van der Waals surface area (Å²) in [7, 11) is 0. The van der Waals surface area contributed by atoms with Crippen LogP contribution in [0.3, 0.4) is 0 Å². The Hall–Kier alpha value is -1.20. The maximum absolute atomic E-state index is 12.0. The van der Waals surface area contributed by atoms with Gasteiger partial charge in [-0.15, -0.1) is 0 Å². The lowest BCUT2D eigenvalue weighted by Crippen LogP contribution is -2.38. The zero-order chi connectivity index (χ0) is 11.8. The number of hydrogen-bond donors (Lipinski definition) is 2. The molecule has 1 aromatic heterocycles. The summed E-state index contributed by atoms with van der Waals surface area (Å²) in [5.41, 5.74) is 1.79. The largest absolute Gasteiger partial charge is 0.381 e. The summed E-state index contributed by atoms with van der Waals surface area (Å²) in [5, 5.41) is 3.34. The maximum Gasteiger partial charge on any atom is 0.254 e. The molecule has 0 spiro atoms. The van der Waals surface area contributed by atoms with Crippen LogP contribution in [-0.2, 0) is 17.7 Å². The highest BCUT2D eigenvalue weighted by Crippen LogP contribution is 2.22. The number of hydrogen-bond acceptors (Lipinski definition) is 4. The third kappa shape index (κ3) is 2.00. The first-order chi connectivity index (χ1) is 8.24. The van der Waals surface area contributed by atoms with Crippen molar-refractivity contribution in [2.24, 2.45) is 0 Å². The lowest BCUT2D eigenvalue weighted by atomic mass is 10.0. The monoisotopic (exact) mass is 235 g/mol. The minimum absolute atomic E-state index is 0.0326. The average molecular weight is 235 g/mol. The van der Waals surface area contributed by atoms with E-state index in [1.54, 1.807) is 0 Å². The molecule has 5 heteroatoms. The van der Waals surface area contributed by atoms with Crippen molar-refractivity contribution in [3.63, 3.8) is 0 Å². The third-order valence-corrected chi connectivity index (χ3v) is 3.56. The summed E-state index contributed by atoms with van der Waals surface area (Å²) in [6.45, 7) is 4.22. The number of nitrogens with zero attached hydrogens (tertiary/aromatic N) is 1. The second-order valence-electron chi connectivity index (χ2n) is 4.92. The van der Waals surface area contributed by atoms with Gasteiger partial charge in [0.05, 0.1) is 12.3 Å². The van der Waals surface area contributed by atoms with Crippen LogP contribution < -0.4 is 10.9 Å². The Kier molecular flexibility index (Phi) is 2.72. The van der Waals surface area contributed by atoms with Crippen molar-refractivity contribution in [3.05, 3.63) is 27.4 Å². The molecule has 1 saturated heterocycles. The molecule has 0 bridgehead atoms. The normalized spacial score (nSPS) is 28.1. The standard InChI is InChI=1S/C12H17N3O2/c1-7-4-9-10(5-13-7)14-11(15-12(9)16)8-2-3-17-6-8/h7-8,13H,2-6H2,1H3,(H,14,15,16). The van der Waals surface area contributed by atoms with Crippen molar-refractivity contribution in [1.29, 1.82) is 0 Å². The van der Waals surface area contributed by atoms with Crippen molar-refractivity contribution in [2.45, 2.75) is 38.3 Å². The predicted molar refractivity (Wildman–Crippen MR) is 63.0 cm³/mol. The Morgan fingerprint density at radius 2 is 2.35 bits per heavy atom. The molecule has 5 nitrogen and oxygen atoms in total. The van der Waals surface area contributed by atoms with Gasteiger partial charge in [0, 0.05) is 30.7 Å². The fourth-order valence-corrected chi connectivity index (χ4v) is 2.51. The van der Waals surface area contributed by atoms with Crippen LogP contribution in [0, 0.1) is 0 Å². The van der Waals surface area contributed by atoms with Crippen LogP contribution >= 0.6 is 0 Å². The second kappa shape index (κ2) is 4.23. The van der Waals surface area contributed by atoms with E-state index < -0.39 is 0 Å². The van der Waals surface area contributed by atoms with Crippen molar-refractivity contribution in [2.75, 3.05) is 13.2 Å². The molecule has 2 unspecified atom stereocenters. The summed E-state index contributed by atoms with van der Waals surface area (Å²) in [4.78, 5) is 19.5. The number of aromatic amines is 1. The topological polar surface area (TPSA) is 67.0 Å². The van der Waals surface area contributed by atoms with E-state index in [-0.39, 0.29) is 11.5 Å². The second-order valence-corrected chi connectivity index (χ2v) is 4.92. The van der Waals surface area contributed by atoms with Gasteiger partial charge in [-0.05, 0) is 19.8 Å². The van der Waals surface area contributed by atoms with Crippen molar-refractivity contribution in [1.82, 2.24) is 15.3 Å². The smallest absolute Gasteiger partial charge is 0.254 e.